The van der Waals surface area contributed by atoms with E-state index in [2.05, 4.69) is 39.8 Å². The minimum atomic E-state index is 0.507. The summed E-state index contributed by atoms with van der Waals surface area (Å²) < 4.78 is 2.12. The largest absolute Gasteiger partial charge is 0.378 e. The number of aryl methyl sites for hydroxylation is 1. The van der Waals surface area contributed by atoms with Gasteiger partial charge in [-0.3, -0.25) is 0 Å². The average molecular weight is 280 g/mol. The highest BCUT2D eigenvalue weighted by molar-refractivity contribution is 5.83. The van der Waals surface area contributed by atoms with Gasteiger partial charge in [-0.15, -0.1) is 0 Å². The summed E-state index contributed by atoms with van der Waals surface area (Å²) in [4.78, 5) is 6.89. The monoisotopic (exact) mass is 280 g/mol. The SMILES string of the molecule is CN(C)c1ccc(-c2nc3c(CN)cccc3n2C)cc1. The molecule has 1 aromatic heterocycles. The van der Waals surface area contributed by atoms with E-state index in [1.807, 2.05) is 33.3 Å². The highest BCUT2D eigenvalue weighted by atomic mass is 15.1. The van der Waals surface area contributed by atoms with Crippen LogP contribution < -0.4 is 10.6 Å². The second kappa shape index (κ2) is 5.22. The van der Waals surface area contributed by atoms with Crippen LogP contribution in [-0.4, -0.2) is 23.6 Å². The third-order valence-corrected chi connectivity index (χ3v) is 3.86. The summed E-state index contributed by atoms with van der Waals surface area (Å²) in [7, 11) is 6.13. The van der Waals surface area contributed by atoms with Gasteiger partial charge in [-0.25, -0.2) is 4.98 Å². The quantitative estimate of drug-likeness (QED) is 0.802. The predicted octanol–water partition coefficient (Wildman–Crippen LogP) is 2.77. The zero-order chi connectivity index (χ0) is 15.0. The lowest BCUT2D eigenvalue weighted by atomic mass is 10.2. The minimum absolute atomic E-state index is 0.507. The molecule has 0 aliphatic heterocycles. The maximum absolute atomic E-state index is 5.81. The maximum Gasteiger partial charge on any atom is 0.140 e. The van der Waals surface area contributed by atoms with Crippen LogP contribution in [0.25, 0.3) is 22.4 Å². The third kappa shape index (κ3) is 2.28. The van der Waals surface area contributed by atoms with Crippen LogP contribution >= 0.6 is 0 Å². The molecule has 0 aliphatic rings. The van der Waals surface area contributed by atoms with Crippen molar-refractivity contribution in [3.8, 4) is 11.4 Å². The molecule has 0 amide bonds. The first-order valence-electron chi connectivity index (χ1n) is 7.04. The number of hydrogen-bond acceptors (Lipinski definition) is 3. The molecule has 3 rings (SSSR count). The molecule has 0 bridgehead atoms. The van der Waals surface area contributed by atoms with E-state index in [1.54, 1.807) is 0 Å². The van der Waals surface area contributed by atoms with E-state index in [0.29, 0.717) is 6.54 Å². The molecule has 0 spiro atoms. The summed E-state index contributed by atoms with van der Waals surface area (Å²) in [5.74, 6) is 0.969. The Morgan fingerprint density at radius 1 is 1.10 bits per heavy atom. The van der Waals surface area contributed by atoms with Crippen LogP contribution in [0.3, 0.4) is 0 Å². The normalized spacial score (nSPS) is 11.0. The number of nitrogens with zero attached hydrogens (tertiary/aromatic N) is 3. The van der Waals surface area contributed by atoms with Crippen molar-refractivity contribution >= 4 is 16.7 Å². The summed E-state index contributed by atoms with van der Waals surface area (Å²) in [6.45, 7) is 0.507. The summed E-state index contributed by atoms with van der Waals surface area (Å²) in [6.07, 6.45) is 0. The number of benzene rings is 2. The molecule has 0 atom stereocenters. The molecule has 0 saturated heterocycles. The third-order valence-electron chi connectivity index (χ3n) is 3.86. The number of fused-ring (bicyclic) bond motifs is 1. The number of hydrogen-bond donors (Lipinski definition) is 1. The molecule has 4 heteroatoms. The average Bonchev–Trinajstić information content (AvgIpc) is 2.85. The smallest absolute Gasteiger partial charge is 0.140 e. The molecular weight excluding hydrogens is 260 g/mol. The van der Waals surface area contributed by atoms with E-state index >= 15 is 0 Å². The Balaban J connectivity index is 2.14. The van der Waals surface area contributed by atoms with Crippen molar-refractivity contribution in [3.63, 3.8) is 0 Å². The van der Waals surface area contributed by atoms with Crippen LogP contribution in [-0.2, 0) is 13.6 Å². The van der Waals surface area contributed by atoms with Gasteiger partial charge in [-0.05, 0) is 35.9 Å². The van der Waals surface area contributed by atoms with Crippen molar-refractivity contribution in [2.45, 2.75) is 6.54 Å². The fourth-order valence-electron chi connectivity index (χ4n) is 2.60. The van der Waals surface area contributed by atoms with Gasteiger partial charge in [0, 0.05) is 38.9 Å². The van der Waals surface area contributed by atoms with Crippen molar-refractivity contribution in [3.05, 3.63) is 48.0 Å². The fourth-order valence-corrected chi connectivity index (χ4v) is 2.60. The van der Waals surface area contributed by atoms with Crippen LogP contribution in [0.1, 0.15) is 5.56 Å². The molecule has 0 saturated carbocycles. The molecule has 3 aromatic rings. The van der Waals surface area contributed by atoms with E-state index in [4.69, 9.17) is 10.7 Å². The molecule has 0 unspecified atom stereocenters. The van der Waals surface area contributed by atoms with E-state index in [0.717, 1.165) is 28.0 Å². The first-order chi connectivity index (χ1) is 10.1. The summed E-state index contributed by atoms with van der Waals surface area (Å²) in [5.41, 5.74) is 11.3. The van der Waals surface area contributed by atoms with Gasteiger partial charge in [-0.1, -0.05) is 12.1 Å². The van der Waals surface area contributed by atoms with Crippen LogP contribution in [0.5, 0.6) is 0 Å². The van der Waals surface area contributed by atoms with Gasteiger partial charge in [0.15, 0.2) is 0 Å². The standard InChI is InChI=1S/C17H20N4/c1-20(2)14-9-7-12(8-10-14)17-19-16-13(11-18)5-4-6-15(16)21(17)3/h4-10H,11,18H2,1-3H3. The maximum atomic E-state index is 5.81. The Kier molecular flexibility index (Phi) is 3.39. The number of rotatable bonds is 3. The van der Waals surface area contributed by atoms with Crippen molar-refractivity contribution in [1.82, 2.24) is 9.55 Å². The van der Waals surface area contributed by atoms with Crippen LogP contribution in [0, 0.1) is 0 Å². The zero-order valence-corrected chi connectivity index (χ0v) is 12.7. The summed E-state index contributed by atoms with van der Waals surface area (Å²) in [5, 5.41) is 0. The molecule has 108 valence electrons. The predicted molar refractivity (Wildman–Crippen MR) is 88.4 cm³/mol. The molecular formula is C17H20N4. The van der Waals surface area contributed by atoms with E-state index in [1.165, 1.54) is 5.69 Å². The Bertz CT molecular complexity index is 769. The number of aromatic nitrogens is 2. The van der Waals surface area contributed by atoms with E-state index in [9.17, 15) is 0 Å². The molecule has 1 heterocycles. The first kappa shape index (κ1) is 13.6. The lowest BCUT2D eigenvalue weighted by molar-refractivity contribution is 0.959. The van der Waals surface area contributed by atoms with Crippen molar-refractivity contribution < 1.29 is 0 Å². The highest BCUT2D eigenvalue weighted by Crippen LogP contribution is 2.27. The Morgan fingerprint density at radius 2 is 1.81 bits per heavy atom. The van der Waals surface area contributed by atoms with Gasteiger partial charge < -0.3 is 15.2 Å². The topological polar surface area (TPSA) is 47.1 Å². The lowest BCUT2D eigenvalue weighted by Crippen LogP contribution is -2.08. The van der Waals surface area contributed by atoms with Gasteiger partial charge in [0.25, 0.3) is 0 Å². The van der Waals surface area contributed by atoms with Gasteiger partial charge in [-0.2, -0.15) is 0 Å². The summed E-state index contributed by atoms with van der Waals surface area (Å²) >= 11 is 0. The summed E-state index contributed by atoms with van der Waals surface area (Å²) in [6, 6.07) is 14.6. The van der Waals surface area contributed by atoms with Crippen molar-refractivity contribution in [2.24, 2.45) is 12.8 Å². The number of para-hydroxylation sites is 1. The minimum Gasteiger partial charge on any atom is -0.378 e. The molecule has 2 N–H and O–H groups in total. The van der Waals surface area contributed by atoms with Crippen LogP contribution in [0.15, 0.2) is 42.5 Å². The highest BCUT2D eigenvalue weighted by Gasteiger charge is 2.12. The molecule has 2 aromatic carbocycles. The van der Waals surface area contributed by atoms with Crippen molar-refractivity contribution in [1.29, 1.82) is 0 Å². The molecule has 0 fully saturated rings. The van der Waals surface area contributed by atoms with Crippen molar-refractivity contribution in [2.75, 3.05) is 19.0 Å². The number of anilines is 1. The molecule has 4 nitrogen and oxygen atoms in total. The second-order valence-corrected chi connectivity index (χ2v) is 5.42. The molecule has 0 radical (unpaired) electrons. The second-order valence-electron chi connectivity index (χ2n) is 5.42. The number of nitrogens with two attached hydrogens (primary N) is 1. The molecule has 21 heavy (non-hydrogen) atoms. The van der Waals surface area contributed by atoms with E-state index in [-0.39, 0.29) is 0 Å². The lowest BCUT2D eigenvalue weighted by Gasteiger charge is -2.12. The first-order valence-corrected chi connectivity index (χ1v) is 7.04. The van der Waals surface area contributed by atoms with Crippen LogP contribution in [0.4, 0.5) is 5.69 Å². The Hall–Kier alpha value is -2.33. The van der Waals surface area contributed by atoms with Crippen LogP contribution in [0.2, 0.25) is 0 Å². The Labute approximate surface area is 124 Å². The molecule has 0 aliphatic carbocycles. The van der Waals surface area contributed by atoms with E-state index < -0.39 is 0 Å². The number of imidazole rings is 1. The van der Waals surface area contributed by atoms with Gasteiger partial charge in [0.1, 0.15) is 5.82 Å². The van der Waals surface area contributed by atoms with Gasteiger partial charge >= 0.3 is 0 Å². The van der Waals surface area contributed by atoms with Gasteiger partial charge in [0.2, 0.25) is 0 Å². The zero-order valence-electron chi connectivity index (χ0n) is 12.7. The van der Waals surface area contributed by atoms with Gasteiger partial charge in [0.05, 0.1) is 11.0 Å². The fraction of sp³-hybridized carbons (Fsp3) is 0.235. The Morgan fingerprint density at radius 3 is 2.43 bits per heavy atom.